The van der Waals surface area contributed by atoms with E-state index >= 15 is 0 Å². The van der Waals surface area contributed by atoms with Crippen LogP contribution < -0.4 is 10.0 Å². The van der Waals surface area contributed by atoms with Crippen molar-refractivity contribution in [1.82, 2.24) is 19.6 Å². The summed E-state index contributed by atoms with van der Waals surface area (Å²) < 4.78 is 43.0. The highest BCUT2D eigenvalue weighted by Crippen LogP contribution is 2.29. The minimum Gasteiger partial charge on any atom is -0.317 e. The molecule has 2 aromatic carbocycles. The molecule has 4 aromatic rings. The summed E-state index contributed by atoms with van der Waals surface area (Å²) in [7, 11) is -4.28. The maximum absolute atomic E-state index is 14.0. The number of nitrogens with one attached hydrogen (secondary N) is 2. The largest absolute Gasteiger partial charge is 0.317 e. The Morgan fingerprint density at radius 1 is 1.06 bits per heavy atom. The van der Waals surface area contributed by atoms with Gasteiger partial charge in [0.2, 0.25) is 5.82 Å². The molecule has 9 nitrogen and oxygen atoms in total. The third-order valence-electron chi connectivity index (χ3n) is 4.42. The molecular weight excluding hydrogens is 459 g/mol. The summed E-state index contributed by atoms with van der Waals surface area (Å²) in [6, 6.07) is 10.9. The Hall–Kier alpha value is -3.57. The van der Waals surface area contributed by atoms with Crippen LogP contribution >= 0.6 is 11.6 Å². The van der Waals surface area contributed by atoms with Crippen LogP contribution in [0.3, 0.4) is 0 Å². The zero-order valence-electron chi connectivity index (χ0n) is 16.8. The predicted molar refractivity (Wildman–Crippen MR) is 117 cm³/mol. The Balaban J connectivity index is 1.66. The highest BCUT2D eigenvalue weighted by atomic mass is 35.5. The molecule has 0 aliphatic heterocycles. The first-order valence-electron chi connectivity index (χ1n) is 9.23. The minimum atomic E-state index is -4.28. The van der Waals surface area contributed by atoms with Gasteiger partial charge in [0.05, 0.1) is 11.4 Å². The van der Waals surface area contributed by atoms with Gasteiger partial charge < -0.3 is 5.32 Å². The number of rotatable bonds is 5. The molecule has 0 atom stereocenters. The van der Waals surface area contributed by atoms with Crippen LogP contribution in [0.15, 0.2) is 53.4 Å². The molecule has 0 radical (unpaired) electrons. The van der Waals surface area contributed by atoms with E-state index in [9.17, 15) is 17.6 Å². The molecule has 2 N–H and O–H groups in total. The molecule has 2 heterocycles. The summed E-state index contributed by atoms with van der Waals surface area (Å²) in [6.07, 6.45) is 0. The van der Waals surface area contributed by atoms with Crippen molar-refractivity contribution in [3.8, 4) is 0 Å². The summed E-state index contributed by atoms with van der Waals surface area (Å²) in [6.45, 7) is 3.59. The topological polar surface area (TPSA) is 118 Å². The van der Waals surface area contributed by atoms with Crippen molar-refractivity contribution < 1.29 is 17.6 Å². The lowest BCUT2D eigenvalue weighted by atomic mass is 10.2. The fourth-order valence-electron chi connectivity index (χ4n) is 3.01. The predicted octanol–water partition coefficient (Wildman–Crippen LogP) is 3.59. The second-order valence-corrected chi connectivity index (χ2v) is 8.95. The third-order valence-corrected chi connectivity index (χ3v) is 6.06. The number of amides is 1. The molecule has 0 aliphatic rings. The Bertz CT molecular complexity index is 1470. The number of anilines is 2. The standard InChI is InChI=1S/C20H16ClFN6O3S/c1-11-9-12(2)28-20(23-11)25-18(26-28)19(29)24-16-10-13(21)7-8-15(16)27-32(30,31)17-6-4-3-5-14(17)22/h3-10,27H,1-2H3,(H,24,29). The number of carbonyl (C=O) groups is 1. The van der Waals surface area contributed by atoms with E-state index in [0.29, 0.717) is 5.69 Å². The summed E-state index contributed by atoms with van der Waals surface area (Å²) in [4.78, 5) is 20.6. The van der Waals surface area contributed by atoms with Gasteiger partial charge >= 0.3 is 0 Å². The minimum absolute atomic E-state index is 0.0140. The third kappa shape index (κ3) is 4.25. The number of hydrogen-bond acceptors (Lipinski definition) is 6. The van der Waals surface area contributed by atoms with E-state index in [-0.39, 0.29) is 28.0 Å². The normalized spacial score (nSPS) is 11.5. The number of aryl methyl sites for hydroxylation is 2. The van der Waals surface area contributed by atoms with Crippen molar-refractivity contribution in [3.05, 3.63) is 76.6 Å². The van der Waals surface area contributed by atoms with Gasteiger partial charge in [0.1, 0.15) is 10.7 Å². The van der Waals surface area contributed by atoms with Crippen LogP contribution in [0.1, 0.15) is 22.0 Å². The smallest absolute Gasteiger partial charge is 0.295 e. The average molecular weight is 475 g/mol. The van der Waals surface area contributed by atoms with E-state index < -0.39 is 26.6 Å². The van der Waals surface area contributed by atoms with Crippen molar-refractivity contribution in [2.24, 2.45) is 0 Å². The second kappa shape index (κ2) is 8.17. The Labute approximate surface area is 187 Å². The number of carbonyl (C=O) groups excluding carboxylic acids is 1. The van der Waals surface area contributed by atoms with E-state index in [1.165, 1.54) is 34.8 Å². The number of benzene rings is 2. The molecule has 32 heavy (non-hydrogen) atoms. The fourth-order valence-corrected chi connectivity index (χ4v) is 4.34. The van der Waals surface area contributed by atoms with Crippen LogP contribution in [0, 0.1) is 19.7 Å². The number of halogens is 2. The van der Waals surface area contributed by atoms with E-state index in [1.54, 1.807) is 19.9 Å². The quantitative estimate of drug-likeness (QED) is 0.456. The highest BCUT2D eigenvalue weighted by Gasteiger charge is 2.22. The molecule has 12 heteroatoms. The van der Waals surface area contributed by atoms with Crippen LogP contribution in [0.2, 0.25) is 5.02 Å². The molecular formula is C20H16ClFN6O3S. The van der Waals surface area contributed by atoms with Crippen LogP contribution in [0.4, 0.5) is 15.8 Å². The molecule has 0 saturated heterocycles. The highest BCUT2D eigenvalue weighted by molar-refractivity contribution is 7.92. The van der Waals surface area contributed by atoms with Crippen molar-refractivity contribution in [2.75, 3.05) is 10.0 Å². The SMILES string of the molecule is Cc1cc(C)n2nc(C(=O)Nc3cc(Cl)ccc3NS(=O)(=O)c3ccccc3F)nc2n1. The molecule has 0 bridgehead atoms. The van der Waals surface area contributed by atoms with Gasteiger partial charge in [-0.2, -0.15) is 4.98 Å². The van der Waals surface area contributed by atoms with Gasteiger partial charge in [-0.1, -0.05) is 23.7 Å². The lowest BCUT2D eigenvalue weighted by Crippen LogP contribution is -2.18. The zero-order chi connectivity index (χ0) is 23.0. The lowest BCUT2D eigenvalue weighted by Gasteiger charge is -2.14. The number of sulfonamides is 1. The van der Waals surface area contributed by atoms with Gasteiger partial charge in [-0.25, -0.2) is 22.3 Å². The van der Waals surface area contributed by atoms with Gasteiger partial charge in [0.25, 0.3) is 21.7 Å². The maximum atomic E-state index is 14.0. The molecule has 0 spiro atoms. The zero-order valence-corrected chi connectivity index (χ0v) is 18.4. The van der Waals surface area contributed by atoms with Crippen LogP contribution in [-0.2, 0) is 10.0 Å². The number of hydrogen-bond donors (Lipinski definition) is 2. The summed E-state index contributed by atoms with van der Waals surface area (Å²) in [5.74, 6) is -1.54. The molecule has 1 amide bonds. The summed E-state index contributed by atoms with van der Waals surface area (Å²) in [5, 5.41) is 6.93. The molecule has 2 aromatic heterocycles. The van der Waals surface area contributed by atoms with E-state index in [2.05, 4.69) is 25.1 Å². The first-order chi connectivity index (χ1) is 15.1. The Morgan fingerprint density at radius 3 is 2.56 bits per heavy atom. The molecule has 0 fully saturated rings. The van der Waals surface area contributed by atoms with E-state index in [4.69, 9.17) is 11.6 Å². The molecule has 0 saturated carbocycles. The fraction of sp³-hybridized carbons (Fsp3) is 0.100. The van der Waals surface area contributed by atoms with Crippen molar-refractivity contribution in [2.45, 2.75) is 18.7 Å². The molecule has 4 rings (SSSR count). The number of nitrogens with zero attached hydrogens (tertiary/aromatic N) is 4. The average Bonchev–Trinajstić information content (AvgIpc) is 3.15. The van der Waals surface area contributed by atoms with Gasteiger partial charge in [-0.05, 0) is 50.2 Å². The Kier molecular flexibility index (Phi) is 5.53. The van der Waals surface area contributed by atoms with Crippen molar-refractivity contribution in [3.63, 3.8) is 0 Å². The van der Waals surface area contributed by atoms with Crippen molar-refractivity contribution in [1.29, 1.82) is 0 Å². The second-order valence-electron chi connectivity index (χ2n) is 6.87. The summed E-state index contributed by atoms with van der Waals surface area (Å²) >= 11 is 6.03. The number of aromatic nitrogens is 4. The van der Waals surface area contributed by atoms with Gasteiger partial charge in [0, 0.05) is 16.4 Å². The molecule has 164 valence electrons. The van der Waals surface area contributed by atoms with Crippen LogP contribution in [0.25, 0.3) is 5.78 Å². The van der Waals surface area contributed by atoms with Crippen LogP contribution in [-0.4, -0.2) is 33.9 Å². The maximum Gasteiger partial charge on any atom is 0.295 e. The Morgan fingerprint density at radius 2 is 1.81 bits per heavy atom. The first kappa shape index (κ1) is 21.7. The molecule has 0 unspecified atom stereocenters. The van der Waals surface area contributed by atoms with E-state index in [1.807, 2.05) is 0 Å². The van der Waals surface area contributed by atoms with Crippen molar-refractivity contribution >= 4 is 44.7 Å². The summed E-state index contributed by atoms with van der Waals surface area (Å²) in [5.41, 5.74) is 1.48. The monoisotopic (exact) mass is 474 g/mol. The lowest BCUT2D eigenvalue weighted by molar-refractivity contribution is 0.101. The first-order valence-corrected chi connectivity index (χ1v) is 11.1. The van der Waals surface area contributed by atoms with Gasteiger partial charge in [-0.15, -0.1) is 5.10 Å². The van der Waals surface area contributed by atoms with Crippen LogP contribution in [0.5, 0.6) is 0 Å². The number of fused-ring (bicyclic) bond motifs is 1. The van der Waals surface area contributed by atoms with Gasteiger partial charge in [-0.3, -0.25) is 9.52 Å². The van der Waals surface area contributed by atoms with E-state index in [0.717, 1.165) is 17.8 Å². The van der Waals surface area contributed by atoms with Gasteiger partial charge in [0.15, 0.2) is 0 Å². The molecule has 0 aliphatic carbocycles.